The molecule has 3 heterocycles. The molecule has 0 atom stereocenters. The van der Waals surface area contributed by atoms with Crippen molar-refractivity contribution in [3.8, 4) is 22.9 Å². The summed E-state index contributed by atoms with van der Waals surface area (Å²) in [5, 5.41) is 15.4. The number of nitrogens with zero attached hydrogens (tertiary/aromatic N) is 4. The van der Waals surface area contributed by atoms with Crippen LogP contribution in [0.25, 0.3) is 11.3 Å². The maximum Gasteiger partial charge on any atom is 0.226 e. The van der Waals surface area contributed by atoms with Gasteiger partial charge in [0.2, 0.25) is 5.88 Å². The fraction of sp³-hybridized carbons (Fsp3) is 0.417. The van der Waals surface area contributed by atoms with Crippen molar-refractivity contribution in [2.45, 2.75) is 47.2 Å². The van der Waals surface area contributed by atoms with E-state index in [4.69, 9.17) is 19.9 Å². The molecule has 0 saturated carbocycles. The number of hydrogen-bond donors (Lipinski definition) is 3. The standard InChI is InChI=1S/C24H33N7O2/c1-7-32-20-9-10-26-24(33-8-2)21(20)18-11-19(27-12-17-13-31(6)14-28-17)23(29-15(3)4)22(30-18)16(5)25/h9-11,13-15,25,29H,7-8,12H2,1-6H3,(H,27,30). The highest BCUT2D eigenvalue weighted by Crippen LogP contribution is 2.39. The summed E-state index contributed by atoms with van der Waals surface area (Å²) in [6.07, 6.45) is 5.40. The second-order valence-corrected chi connectivity index (χ2v) is 7.94. The fourth-order valence-corrected chi connectivity index (χ4v) is 3.45. The highest BCUT2D eigenvalue weighted by atomic mass is 16.5. The molecule has 176 valence electrons. The van der Waals surface area contributed by atoms with Crippen LogP contribution in [-0.2, 0) is 13.6 Å². The van der Waals surface area contributed by atoms with Crippen molar-refractivity contribution in [2.75, 3.05) is 23.8 Å². The molecule has 0 aliphatic carbocycles. The van der Waals surface area contributed by atoms with E-state index in [-0.39, 0.29) is 6.04 Å². The van der Waals surface area contributed by atoms with Gasteiger partial charge in [0.1, 0.15) is 17.0 Å². The SMILES string of the molecule is CCOc1ccnc(OCC)c1-c1cc(NCc2cn(C)cn2)c(NC(C)C)c(C(C)=N)n1. The van der Waals surface area contributed by atoms with E-state index in [0.29, 0.717) is 54.1 Å². The van der Waals surface area contributed by atoms with Gasteiger partial charge in [0, 0.05) is 25.5 Å². The van der Waals surface area contributed by atoms with Crippen LogP contribution < -0.4 is 20.1 Å². The molecule has 0 amide bonds. The molecule has 0 fully saturated rings. The Morgan fingerprint density at radius 1 is 1.18 bits per heavy atom. The third-order valence-corrected chi connectivity index (χ3v) is 4.74. The summed E-state index contributed by atoms with van der Waals surface area (Å²) in [6, 6.07) is 3.91. The Labute approximate surface area is 195 Å². The van der Waals surface area contributed by atoms with Gasteiger partial charge in [-0.1, -0.05) is 0 Å². The topological polar surface area (TPSA) is 110 Å². The summed E-state index contributed by atoms with van der Waals surface area (Å²) in [4.78, 5) is 13.7. The quantitative estimate of drug-likeness (QED) is 0.368. The number of anilines is 2. The van der Waals surface area contributed by atoms with Crippen LogP contribution in [0, 0.1) is 5.41 Å². The van der Waals surface area contributed by atoms with E-state index in [1.165, 1.54) is 0 Å². The summed E-state index contributed by atoms with van der Waals surface area (Å²) in [5.41, 5.74) is 4.69. The third kappa shape index (κ3) is 5.79. The van der Waals surface area contributed by atoms with Gasteiger partial charge in [-0.05, 0) is 46.8 Å². The number of imidazole rings is 1. The minimum Gasteiger partial charge on any atom is -0.493 e. The molecule has 3 aromatic rings. The van der Waals surface area contributed by atoms with Crippen molar-refractivity contribution >= 4 is 17.1 Å². The van der Waals surface area contributed by atoms with Crippen molar-refractivity contribution in [2.24, 2.45) is 7.05 Å². The number of ether oxygens (including phenoxy) is 2. The van der Waals surface area contributed by atoms with Crippen molar-refractivity contribution in [1.82, 2.24) is 19.5 Å². The lowest BCUT2D eigenvalue weighted by atomic mass is 10.1. The second-order valence-electron chi connectivity index (χ2n) is 7.94. The van der Waals surface area contributed by atoms with E-state index in [2.05, 4.69) is 34.4 Å². The van der Waals surface area contributed by atoms with Crippen LogP contribution in [0.15, 0.2) is 30.9 Å². The summed E-state index contributed by atoms with van der Waals surface area (Å²) in [5.74, 6) is 1.09. The number of pyridine rings is 2. The molecule has 0 aromatic carbocycles. The molecule has 0 radical (unpaired) electrons. The van der Waals surface area contributed by atoms with Gasteiger partial charge in [-0.15, -0.1) is 0 Å². The number of rotatable bonds is 11. The third-order valence-electron chi connectivity index (χ3n) is 4.74. The van der Waals surface area contributed by atoms with Gasteiger partial charge in [0.05, 0.1) is 54.6 Å². The van der Waals surface area contributed by atoms with Crippen LogP contribution in [0.5, 0.6) is 11.6 Å². The van der Waals surface area contributed by atoms with E-state index < -0.39 is 0 Å². The van der Waals surface area contributed by atoms with Crippen LogP contribution in [0.1, 0.15) is 46.0 Å². The average Bonchev–Trinajstić information content (AvgIpc) is 3.18. The predicted octanol–water partition coefficient (Wildman–Crippen LogP) is 4.49. The highest BCUT2D eigenvalue weighted by molar-refractivity contribution is 6.03. The Balaban J connectivity index is 2.18. The minimum atomic E-state index is 0.155. The maximum absolute atomic E-state index is 8.42. The molecule has 9 nitrogen and oxygen atoms in total. The van der Waals surface area contributed by atoms with Crippen LogP contribution >= 0.6 is 0 Å². The molecule has 0 unspecified atom stereocenters. The zero-order chi connectivity index (χ0) is 24.0. The largest absolute Gasteiger partial charge is 0.493 e. The van der Waals surface area contributed by atoms with Gasteiger partial charge in [-0.25, -0.2) is 15.0 Å². The summed E-state index contributed by atoms with van der Waals surface area (Å²) in [6.45, 7) is 11.2. The monoisotopic (exact) mass is 451 g/mol. The zero-order valence-electron chi connectivity index (χ0n) is 20.2. The van der Waals surface area contributed by atoms with Crippen LogP contribution in [0.3, 0.4) is 0 Å². The Bertz CT molecular complexity index is 1080. The lowest BCUT2D eigenvalue weighted by Crippen LogP contribution is -2.17. The highest BCUT2D eigenvalue weighted by Gasteiger charge is 2.22. The van der Waals surface area contributed by atoms with Crippen molar-refractivity contribution in [3.05, 3.63) is 42.2 Å². The molecule has 0 aliphatic heterocycles. The van der Waals surface area contributed by atoms with Crippen LogP contribution in [0.4, 0.5) is 11.4 Å². The molecule has 3 N–H and O–H groups in total. The maximum atomic E-state index is 8.42. The van der Waals surface area contributed by atoms with Crippen molar-refractivity contribution < 1.29 is 9.47 Å². The van der Waals surface area contributed by atoms with Gasteiger partial charge in [0.15, 0.2) is 0 Å². The first kappa shape index (κ1) is 24.0. The molecule has 33 heavy (non-hydrogen) atoms. The second kappa shape index (κ2) is 10.8. The van der Waals surface area contributed by atoms with Crippen LogP contribution in [0.2, 0.25) is 0 Å². The first-order chi connectivity index (χ1) is 15.8. The number of hydrogen-bond acceptors (Lipinski definition) is 8. The summed E-state index contributed by atoms with van der Waals surface area (Å²) >= 11 is 0. The molecule has 0 spiro atoms. The van der Waals surface area contributed by atoms with E-state index >= 15 is 0 Å². The smallest absolute Gasteiger partial charge is 0.226 e. The van der Waals surface area contributed by atoms with E-state index in [9.17, 15) is 0 Å². The van der Waals surface area contributed by atoms with Gasteiger partial charge >= 0.3 is 0 Å². The Kier molecular flexibility index (Phi) is 7.87. The number of nitrogens with one attached hydrogen (secondary N) is 3. The normalized spacial score (nSPS) is 10.9. The fourth-order valence-electron chi connectivity index (χ4n) is 3.45. The molecular formula is C24H33N7O2. The Morgan fingerprint density at radius 3 is 2.55 bits per heavy atom. The zero-order valence-corrected chi connectivity index (χ0v) is 20.2. The first-order valence-electron chi connectivity index (χ1n) is 11.2. The molecule has 3 rings (SSSR count). The van der Waals surface area contributed by atoms with Crippen LogP contribution in [-0.4, -0.2) is 44.5 Å². The number of aryl methyl sites for hydroxylation is 1. The predicted molar refractivity (Wildman–Crippen MR) is 132 cm³/mol. The summed E-state index contributed by atoms with van der Waals surface area (Å²) in [7, 11) is 1.94. The molecule has 0 bridgehead atoms. The summed E-state index contributed by atoms with van der Waals surface area (Å²) < 4.78 is 13.6. The molecular weight excluding hydrogens is 418 g/mol. The van der Waals surface area contributed by atoms with E-state index in [1.807, 2.05) is 37.7 Å². The Morgan fingerprint density at radius 2 is 1.94 bits per heavy atom. The average molecular weight is 452 g/mol. The lowest BCUT2D eigenvalue weighted by Gasteiger charge is -2.21. The lowest BCUT2D eigenvalue weighted by molar-refractivity contribution is 0.316. The van der Waals surface area contributed by atoms with E-state index in [1.54, 1.807) is 25.5 Å². The molecule has 0 aliphatic rings. The van der Waals surface area contributed by atoms with Gasteiger partial charge in [-0.2, -0.15) is 0 Å². The minimum absolute atomic E-state index is 0.155. The molecule has 0 saturated heterocycles. The number of aromatic nitrogens is 4. The van der Waals surface area contributed by atoms with Crippen molar-refractivity contribution in [3.63, 3.8) is 0 Å². The molecule has 9 heteroatoms. The van der Waals surface area contributed by atoms with Crippen molar-refractivity contribution in [1.29, 1.82) is 5.41 Å². The Hall–Kier alpha value is -3.62. The first-order valence-corrected chi connectivity index (χ1v) is 11.2. The van der Waals surface area contributed by atoms with E-state index in [0.717, 1.165) is 17.1 Å². The van der Waals surface area contributed by atoms with Gasteiger partial charge in [-0.3, -0.25) is 0 Å². The van der Waals surface area contributed by atoms with Gasteiger partial charge < -0.3 is 30.1 Å². The van der Waals surface area contributed by atoms with Gasteiger partial charge in [0.25, 0.3) is 0 Å². The molecule has 3 aromatic heterocycles.